The Bertz CT molecular complexity index is 1410. The molecule has 0 bridgehead atoms. The van der Waals surface area contributed by atoms with Gasteiger partial charge in [-0.15, -0.1) is 0 Å². The maximum Gasteiger partial charge on any atom is 0.416 e. The first-order valence-corrected chi connectivity index (χ1v) is 10.3. The maximum atomic E-state index is 13.4. The van der Waals surface area contributed by atoms with E-state index in [4.69, 9.17) is 0 Å². The Hall–Kier alpha value is -4.21. The molecule has 4 rings (SSSR count). The van der Waals surface area contributed by atoms with Gasteiger partial charge in [0.15, 0.2) is 0 Å². The van der Waals surface area contributed by atoms with Crippen molar-refractivity contribution in [3.63, 3.8) is 0 Å². The minimum absolute atomic E-state index is 0.000111. The monoisotopic (exact) mass is 467 g/mol. The standard InChI is InChI=1S/C24H20F3N5O2/c1-15-19(21-9-11-30-31(21)2)13-20(22(33)29-14-17-7-3-4-10-28-17)23(34)32(15)18-8-5-6-16(12-18)24(25,26)27/h3-13H,14H2,1-2H3,(H,29,33). The number of benzene rings is 1. The van der Waals surface area contributed by atoms with Gasteiger partial charge in [0.2, 0.25) is 0 Å². The number of hydrogen-bond acceptors (Lipinski definition) is 4. The first kappa shape index (κ1) is 23.0. The van der Waals surface area contributed by atoms with Gasteiger partial charge in [0.25, 0.3) is 11.5 Å². The van der Waals surface area contributed by atoms with Gasteiger partial charge in [-0.1, -0.05) is 12.1 Å². The minimum Gasteiger partial charge on any atom is -0.346 e. The maximum absolute atomic E-state index is 13.4. The summed E-state index contributed by atoms with van der Waals surface area (Å²) in [5, 5.41) is 6.79. The number of pyridine rings is 2. The number of aryl methyl sites for hydroxylation is 1. The number of halogens is 3. The van der Waals surface area contributed by atoms with Crippen molar-refractivity contribution in [2.24, 2.45) is 7.05 Å². The number of hydrogen-bond donors (Lipinski definition) is 1. The summed E-state index contributed by atoms with van der Waals surface area (Å²) < 4.78 is 42.7. The molecule has 7 nitrogen and oxygen atoms in total. The largest absolute Gasteiger partial charge is 0.416 e. The van der Waals surface area contributed by atoms with E-state index in [1.807, 2.05) is 0 Å². The van der Waals surface area contributed by atoms with E-state index in [-0.39, 0.29) is 17.8 Å². The van der Waals surface area contributed by atoms with Gasteiger partial charge in [0.05, 0.1) is 23.5 Å². The molecule has 1 N–H and O–H groups in total. The third-order valence-corrected chi connectivity index (χ3v) is 5.38. The number of aromatic nitrogens is 4. The average molecular weight is 467 g/mol. The molecule has 0 unspecified atom stereocenters. The van der Waals surface area contributed by atoms with Crippen LogP contribution in [0.5, 0.6) is 0 Å². The predicted octanol–water partition coefficient (Wildman–Crippen LogP) is 3.89. The summed E-state index contributed by atoms with van der Waals surface area (Å²) in [6, 6.07) is 12.8. The van der Waals surface area contributed by atoms with Crippen molar-refractivity contribution in [2.45, 2.75) is 19.6 Å². The van der Waals surface area contributed by atoms with Crippen molar-refractivity contribution in [2.75, 3.05) is 0 Å². The molecule has 1 aromatic carbocycles. The Morgan fingerprint density at radius 2 is 1.85 bits per heavy atom. The second-order valence-corrected chi connectivity index (χ2v) is 7.59. The lowest BCUT2D eigenvalue weighted by Crippen LogP contribution is -2.33. The van der Waals surface area contributed by atoms with Crippen LogP contribution in [0.3, 0.4) is 0 Å². The molecule has 3 heterocycles. The zero-order valence-corrected chi connectivity index (χ0v) is 18.3. The molecule has 174 valence electrons. The average Bonchev–Trinajstić information content (AvgIpc) is 3.23. The fourth-order valence-electron chi connectivity index (χ4n) is 3.66. The highest BCUT2D eigenvalue weighted by molar-refractivity contribution is 5.95. The summed E-state index contributed by atoms with van der Waals surface area (Å²) >= 11 is 0. The van der Waals surface area contributed by atoms with Crippen molar-refractivity contribution in [3.05, 3.63) is 99.9 Å². The van der Waals surface area contributed by atoms with E-state index < -0.39 is 23.2 Å². The van der Waals surface area contributed by atoms with Crippen molar-refractivity contribution in [3.8, 4) is 16.9 Å². The topological polar surface area (TPSA) is 81.8 Å². The molecule has 0 spiro atoms. The Morgan fingerprint density at radius 1 is 1.06 bits per heavy atom. The predicted molar refractivity (Wildman–Crippen MR) is 119 cm³/mol. The van der Waals surface area contributed by atoms with Crippen LogP contribution in [0.25, 0.3) is 16.9 Å². The van der Waals surface area contributed by atoms with E-state index in [0.29, 0.717) is 22.6 Å². The van der Waals surface area contributed by atoms with Gasteiger partial charge < -0.3 is 5.32 Å². The summed E-state index contributed by atoms with van der Waals surface area (Å²) in [4.78, 5) is 30.5. The molecule has 0 fully saturated rings. The van der Waals surface area contributed by atoms with Gasteiger partial charge in [-0.05, 0) is 49.4 Å². The lowest BCUT2D eigenvalue weighted by Gasteiger charge is -2.18. The number of amides is 1. The van der Waals surface area contributed by atoms with Crippen LogP contribution in [0.2, 0.25) is 0 Å². The van der Waals surface area contributed by atoms with Crippen molar-refractivity contribution >= 4 is 5.91 Å². The molecule has 0 radical (unpaired) electrons. The summed E-state index contributed by atoms with van der Waals surface area (Å²) in [7, 11) is 1.69. The molecular formula is C24H20F3N5O2. The van der Waals surface area contributed by atoms with Gasteiger partial charge in [-0.2, -0.15) is 18.3 Å². The molecule has 0 saturated carbocycles. The van der Waals surface area contributed by atoms with E-state index in [1.54, 1.807) is 55.3 Å². The van der Waals surface area contributed by atoms with E-state index in [0.717, 1.165) is 16.7 Å². The Morgan fingerprint density at radius 3 is 2.50 bits per heavy atom. The van der Waals surface area contributed by atoms with Crippen molar-refractivity contribution in [1.29, 1.82) is 0 Å². The third kappa shape index (κ3) is 4.47. The number of nitrogens with zero attached hydrogens (tertiary/aromatic N) is 4. The zero-order valence-electron chi connectivity index (χ0n) is 18.3. The molecule has 0 atom stereocenters. The molecule has 10 heteroatoms. The van der Waals surface area contributed by atoms with Crippen LogP contribution in [0.15, 0.2) is 71.8 Å². The molecule has 0 saturated heterocycles. The number of carbonyl (C=O) groups is 1. The number of rotatable bonds is 5. The number of nitrogens with one attached hydrogen (secondary N) is 1. The summed E-state index contributed by atoms with van der Waals surface area (Å²) in [5.41, 5.74) is 0.194. The molecule has 34 heavy (non-hydrogen) atoms. The highest BCUT2D eigenvalue weighted by atomic mass is 19.4. The van der Waals surface area contributed by atoms with Crippen LogP contribution in [0, 0.1) is 6.92 Å². The first-order chi connectivity index (χ1) is 16.2. The second kappa shape index (κ2) is 8.97. The second-order valence-electron chi connectivity index (χ2n) is 7.59. The zero-order chi connectivity index (χ0) is 24.5. The fraction of sp³-hybridized carbons (Fsp3) is 0.167. The van der Waals surface area contributed by atoms with E-state index in [9.17, 15) is 22.8 Å². The smallest absolute Gasteiger partial charge is 0.346 e. The van der Waals surface area contributed by atoms with Gasteiger partial charge >= 0.3 is 6.18 Å². The first-order valence-electron chi connectivity index (χ1n) is 10.3. The Kier molecular flexibility index (Phi) is 6.06. The number of carbonyl (C=O) groups excluding carboxylic acids is 1. The molecule has 4 aromatic rings. The molecule has 1 amide bonds. The van der Waals surface area contributed by atoms with Gasteiger partial charge in [0, 0.05) is 36.4 Å². The van der Waals surface area contributed by atoms with E-state index in [2.05, 4.69) is 15.4 Å². The van der Waals surface area contributed by atoms with E-state index in [1.165, 1.54) is 18.2 Å². The molecule has 3 aromatic heterocycles. The number of alkyl halides is 3. The Balaban J connectivity index is 1.87. The van der Waals surface area contributed by atoms with E-state index >= 15 is 0 Å². The summed E-state index contributed by atoms with van der Waals surface area (Å²) in [6.45, 7) is 1.69. The Labute approximate surface area is 192 Å². The summed E-state index contributed by atoms with van der Waals surface area (Å²) in [6.07, 6.45) is -1.46. The highest BCUT2D eigenvalue weighted by Gasteiger charge is 2.31. The molecule has 0 aliphatic heterocycles. The molecule has 0 aliphatic rings. The minimum atomic E-state index is -4.59. The van der Waals surface area contributed by atoms with Crippen LogP contribution in [-0.4, -0.2) is 25.2 Å². The normalized spacial score (nSPS) is 11.4. The SMILES string of the molecule is Cc1c(-c2ccnn2C)cc(C(=O)NCc2ccccn2)c(=O)n1-c1cccc(C(F)(F)F)c1. The van der Waals surface area contributed by atoms with Crippen LogP contribution < -0.4 is 10.9 Å². The van der Waals surface area contributed by atoms with Gasteiger partial charge in [-0.25, -0.2) is 0 Å². The summed E-state index contributed by atoms with van der Waals surface area (Å²) in [5.74, 6) is -0.667. The van der Waals surface area contributed by atoms with Gasteiger partial charge in [-0.3, -0.25) is 23.8 Å². The van der Waals surface area contributed by atoms with Crippen LogP contribution in [0.1, 0.15) is 27.3 Å². The quantitative estimate of drug-likeness (QED) is 0.483. The third-order valence-electron chi connectivity index (χ3n) is 5.38. The van der Waals surface area contributed by atoms with Crippen molar-refractivity contribution in [1.82, 2.24) is 24.6 Å². The van der Waals surface area contributed by atoms with Crippen LogP contribution >= 0.6 is 0 Å². The van der Waals surface area contributed by atoms with Crippen LogP contribution in [0.4, 0.5) is 13.2 Å². The lowest BCUT2D eigenvalue weighted by molar-refractivity contribution is -0.137. The highest BCUT2D eigenvalue weighted by Crippen LogP contribution is 2.31. The van der Waals surface area contributed by atoms with Gasteiger partial charge in [0.1, 0.15) is 5.56 Å². The lowest BCUT2D eigenvalue weighted by atomic mass is 10.1. The molecular weight excluding hydrogens is 447 g/mol. The fourth-order valence-corrected chi connectivity index (χ4v) is 3.66. The van der Waals surface area contributed by atoms with Crippen molar-refractivity contribution < 1.29 is 18.0 Å². The molecule has 0 aliphatic carbocycles. The van der Waals surface area contributed by atoms with Crippen LogP contribution in [-0.2, 0) is 19.8 Å².